The summed E-state index contributed by atoms with van der Waals surface area (Å²) in [7, 11) is 0. The van der Waals surface area contributed by atoms with E-state index in [0.29, 0.717) is 12.1 Å². The molecule has 1 N–H and O–H groups in total. The zero-order chi connectivity index (χ0) is 17.2. The zero-order valence-electron chi connectivity index (χ0n) is 13.5. The molecule has 0 saturated carbocycles. The number of hydrogen-bond acceptors (Lipinski definition) is 6. The van der Waals surface area contributed by atoms with Gasteiger partial charge in [0.05, 0.1) is 16.8 Å². The van der Waals surface area contributed by atoms with E-state index in [1.807, 2.05) is 29.9 Å². The number of ether oxygens (including phenoxy) is 1. The van der Waals surface area contributed by atoms with Crippen LogP contribution in [-0.2, 0) is 15.3 Å². The van der Waals surface area contributed by atoms with Crippen molar-refractivity contribution in [2.24, 2.45) is 0 Å². The monoisotopic (exact) mass is 364 g/mol. The minimum absolute atomic E-state index is 0.247. The number of hydrogen-bond donors (Lipinski definition) is 1. The van der Waals surface area contributed by atoms with Gasteiger partial charge >= 0.3 is 5.97 Å². The first kappa shape index (κ1) is 18.5. The normalized spacial score (nSPS) is 10.4. The van der Waals surface area contributed by atoms with Crippen molar-refractivity contribution in [1.82, 2.24) is 10.3 Å². The van der Waals surface area contributed by atoms with Crippen LogP contribution in [0.5, 0.6) is 0 Å². The van der Waals surface area contributed by atoms with Crippen LogP contribution < -0.4 is 5.32 Å². The number of benzene rings is 1. The summed E-state index contributed by atoms with van der Waals surface area (Å²) in [4.78, 5) is 28.7. The van der Waals surface area contributed by atoms with Crippen LogP contribution in [0.3, 0.4) is 0 Å². The number of thioether (sulfide) groups is 1. The average molecular weight is 364 g/mol. The molecule has 1 aromatic carbocycles. The second kappa shape index (κ2) is 10.1. The summed E-state index contributed by atoms with van der Waals surface area (Å²) in [5.41, 5.74) is 3.30. The fourth-order valence-corrected chi connectivity index (χ4v) is 3.29. The Morgan fingerprint density at radius 3 is 2.75 bits per heavy atom. The molecular weight excluding hydrogens is 344 g/mol. The first-order valence-corrected chi connectivity index (χ1v) is 9.65. The molecule has 0 spiro atoms. The molecule has 1 aromatic heterocycles. The zero-order valence-corrected chi connectivity index (χ0v) is 15.1. The molecular formula is C17H20N2O3S2. The predicted octanol–water partition coefficient (Wildman–Crippen LogP) is 3.51. The van der Waals surface area contributed by atoms with Crippen molar-refractivity contribution >= 4 is 35.0 Å². The molecule has 0 fully saturated rings. The molecule has 0 saturated heterocycles. The maximum atomic E-state index is 11.9. The van der Waals surface area contributed by atoms with Crippen molar-refractivity contribution in [2.75, 3.05) is 13.2 Å². The van der Waals surface area contributed by atoms with E-state index < -0.39 is 5.97 Å². The largest absolute Gasteiger partial charge is 0.452 e. The Kier molecular flexibility index (Phi) is 7.77. The molecule has 1 amide bonds. The second-order valence-electron chi connectivity index (χ2n) is 5.07. The number of unbranched alkanes of at least 4 members (excludes halogenated alkanes) is 1. The van der Waals surface area contributed by atoms with E-state index in [2.05, 4.69) is 10.3 Å². The summed E-state index contributed by atoms with van der Waals surface area (Å²) in [6.45, 7) is 2.41. The molecule has 5 nitrogen and oxygen atoms in total. The number of aromatic nitrogens is 1. The summed E-state index contributed by atoms with van der Waals surface area (Å²) in [5, 5.41) is 4.72. The molecule has 0 bridgehead atoms. The van der Waals surface area contributed by atoms with E-state index in [1.54, 1.807) is 35.2 Å². The molecule has 0 atom stereocenters. The molecule has 1 heterocycles. The molecule has 2 aromatic rings. The van der Waals surface area contributed by atoms with Crippen LogP contribution in [0.25, 0.3) is 0 Å². The average Bonchev–Trinajstić information content (AvgIpc) is 3.12. The summed E-state index contributed by atoms with van der Waals surface area (Å²) in [6.07, 6.45) is 1.92. The van der Waals surface area contributed by atoms with Gasteiger partial charge in [0, 0.05) is 22.6 Å². The van der Waals surface area contributed by atoms with Gasteiger partial charge in [0.25, 0.3) is 5.91 Å². The van der Waals surface area contributed by atoms with Gasteiger partial charge in [-0.2, -0.15) is 0 Å². The number of rotatable bonds is 9. The highest BCUT2D eigenvalue weighted by Gasteiger charge is 2.10. The van der Waals surface area contributed by atoms with Gasteiger partial charge in [0.2, 0.25) is 0 Å². The highest BCUT2D eigenvalue weighted by molar-refractivity contribution is 7.98. The van der Waals surface area contributed by atoms with Gasteiger partial charge in [-0.15, -0.1) is 23.1 Å². The maximum absolute atomic E-state index is 11.9. The standard InChI is InChI=1S/C17H20N2O3S2/c1-2-3-8-18-16(20)9-22-17(21)13-4-6-15(7-5-13)24-11-14-10-23-12-19-14/h4-7,10,12H,2-3,8-9,11H2,1H3,(H,18,20). The molecule has 128 valence electrons. The lowest BCUT2D eigenvalue weighted by Gasteiger charge is -2.06. The Hall–Kier alpha value is -1.86. The van der Waals surface area contributed by atoms with E-state index in [9.17, 15) is 9.59 Å². The molecule has 2 rings (SSSR count). The fourth-order valence-electron chi connectivity index (χ4n) is 1.82. The first-order valence-electron chi connectivity index (χ1n) is 7.72. The third kappa shape index (κ3) is 6.33. The highest BCUT2D eigenvalue weighted by Crippen LogP contribution is 2.23. The van der Waals surface area contributed by atoms with Crippen molar-refractivity contribution < 1.29 is 14.3 Å². The lowest BCUT2D eigenvalue weighted by molar-refractivity contribution is -0.124. The maximum Gasteiger partial charge on any atom is 0.338 e. The van der Waals surface area contributed by atoms with Crippen LogP contribution in [0.1, 0.15) is 35.8 Å². The van der Waals surface area contributed by atoms with E-state index in [-0.39, 0.29) is 12.5 Å². The minimum atomic E-state index is -0.489. The fraction of sp³-hybridized carbons (Fsp3) is 0.353. The summed E-state index contributed by atoms with van der Waals surface area (Å²) in [6, 6.07) is 7.16. The lowest BCUT2D eigenvalue weighted by atomic mass is 10.2. The number of nitrogens with one attached hydrogen (secondary N) is 1. The minimum Gasteiger partial charge on any atom is -0.452 e. The number of nitrogens with zero attached hydrogens (tertiary/aromatic N) is 1. The summed E-state index contributed by atoms with van der Waals surface area (Å²) in [5.74, 6) is 0.0366. The lowest BCUT2D eigenvalue weighted by Crippen LogP contribution is -2.29. The van der Waals surface area contributed by atoms with Crippen LogP contribution in [0.15, 0.2) is 40.1 Å². The Bertz CT molecular complexity index is 642. The van der Waals surface area contributed by atoms with Crippen LogP contribution in [0.2, 0.25) is 0 Å². The van der Waals surface area contributed by atoms with Crippen molar-refractivity contribution in [3.63, 3.8) is 0 Å². The van der Waals surface area contributed by atoms with E-state index in [1.165, 1.54) is 0 Å². The number of esters is 1. The quantitative estimate of drug-likeness (QED) is 0.419. The van der Waals surface area contributed by atoms with Gasteiger partial charge < -0.3 is 10.1 Å². The van der Waals surface area contributed by atoms with Gasteiger partial charge in [-0.3, -0.25) is 4.79 Å². The highest BCUT2D eigenvalue weighted by atomic mass is 32.2. The van der Waals surface area contributed by atoms with Crippen molar-refractivity contribution in [1.29, 1.82) is 0 Å². The molecule has 24 heavy (non-hydrogen) atoms. The van der Waals surface area contributed by atoms with Crippen molar-refractivity contribution in [3.8, 4) is 0 Å². The smallest absolute Gasteiger partial charge is 0.338 e. The van der Waals surface area contributed by atoms with Crippen LogP contribution in [0.4, 0.5) is 0 Å². The topological polar surface area (TPSA) is 68.3 Å². The Balaban J connectivity index is 1.75. The SMILES string of the molecule is CCCCNC(=O)COC(=O)c1ccc(SCc2cscn2)cc1. The molecule has 0 unspecified atom stereocenters. The third-order valence-corrected chi connectivity index (χ3v) is 4.83. The van der Waals surface area contributed by atoms with Gasteiger partial charge in [0.15, 0.2) is 6.61 Å². The molecule has 0 aliphatic heterocycles. The van der Waals surface area contributed by atoms with Gasteiger partial charge in [-0.05, 0) is 30.7 Å². The first-order chi connectivity index (χ1) is 11.7. The van der Waals surface area contributed by atoms with Gasteiger partial charge in [0.1, 0.15) is 0 Å². The number of amides is 1. The van der Waals surface area contributed by atoms with Crippen LogP contribution in [0, 0.1) is 0 Å². The van der Waals surface area contributed by atoms with Crippen molar-refractivity contribution in [2.45, 2.75) is 30.4 Å². The van der Waals surface area contributed by atoms with Crippen molar-refractivity contribution in [3.05, 3.63) is 46.4 Å². The van der Waals surface area contributed by atoms with Crippen LogP contribution >= 0.6 is 23.1 Å². The summed E-state index contributed by atoms with van der Waals surface area (Å²) >= 11 is 3.23. The number of thiazole rings is 1. The molecule has 0 aliphatic carbocycles. The summed E-state index contributed by atoms with van der Waals surface area (Å²) < 4.78 is 5.01. The third-order valence-electron chi connectivity index (χ3n) is 3.15. The van der Waals surface area contributed by atoms with Gasteiger partial charge in [-0.25, -0.2) is 9.78 Å². The number of carbonyl (C=O) groups is 2. The number of carbonyl (C=O) groups excluding carboxylic acids is 2. The Labute approximate surface area is 149 Å². The Morgan fingerprint density at radius 2 is 2.08 bits per heavy atom. The Morgan fingerprint density at radius 1 is 1.29 bits per heavy atom. The molecule has 0 aliphatic rings. The second-order valence-corrected chi connectivity index (χ2v) is 6.84. The van der Waals surface area contributed by atoms with E-state index in [0.717, 1.165) is 29.2 Å². The molecule has 7 heteroatoms. The van der Waals surface area contributed by atoms with Gasteiger partial charge in [-0.1, -0.05) is 13.3 Å². The predicted molar refractivity (Wildman–Crippen MR) is 96.3 cm³/mol. The molecule has 0 radical (unpaired) electrons. The van der Waals surface area contributed by atoms with E-state index >= 15 is 0 Å². The van der Waals surface area contributed by atoms with E-state index in [4.69, 9.17) is 4.74 Å². The van der Waals surface area contributed by atoms with Crippen LogP contribution in [-0.4, -0.2) is 30.0 Å².